The van der Waals surface area contributed by atoms with E-state index in [4.69, 9.17) is 4.79 Å². The van der Waals surface area contributed by atoms with Gasteiger partial charge in [0.05, 0.1) is 0 Å². The molecule has 1 aliphatic carbocycles. The molecular formula is C21H22F2O3. The van der Waals surface area contributed by atoms with Gasteiger partial charge in [-0.2, -0.15) is 0 Å². The third-order valence-electron chi connectivity index (χ3n) is 5.08. The Balaban J connectivity index is 0.000000758. The number of phenols is 1. The first-order valence-corrected chi connectivity index (χ1v) is 8.47. The molecule has 0 aliphatic heterocycles. The van der Waals surface area contributed by atoms with Crippen molar-refractivity contribution in [1.82, 2.24) is 0 Å². The zero-order valence-corrected chi connectivity index (χ0v) is 14.4. The molecule has 2 aromatic rings. The van der Waals surface area contributed by atoms with Gasteiger partial charge in [-0.25, -0.2) is 13.6 Å². The summed E-state index contributed by atoms with van der Waals surface area (Å²) in [5.74, 6) is 0.732. The number of aliphatic hydroxyl groups excluding tert-OH is 1. The maximum atomic E-state index is 14.5. The van der Waals surface area contributed by atoms with E-state index in [-0.39, 0.29) is 18.3 Å². The summed E-state index contributed by atoms with van der Waals surface area (Å²) in [6.07, 6.45) is 2.80. The zero-order valence-electron chi connectivity index (χ0n) is 14.4. The van der Waals surface area contributed by atoms with Crippen LogP contribution in [0.2, 0.25) is 0 Å². The molecule has 1 saturated carbocycles. The minimum atomic E-state index is -0.619. The Kier molecular flexibility index (Phi) is 6.67. The van der Waals surface area contributed by atoms with Crippen molar-refractivity contribution in [2.24, 2.45) is 5.92 Å². The van der Waals surface area contributed by atoms with Crippen LogP contribution in [0.15, 0.2) is 49.0 Å². The number of benzene rings is 2. The largest absolute Gasteiger partial charge is 0.508 e. The summed E-state index contributed by atoms with van der Waals surface area (Å²) in [5, 5.41) is 18.9. The zero-order chi connectivity index (χ0) is 19.2. The second-order valence-electron chi connectivity index (χ2n) is 6.52. The lowest BCUT2D eigenvalue weighted by Crippen LogP contribution is -2.35. The maximum absolute atomic E-state index is 14.5. The van der Waals surface area contributed by atoms with Gasteiger partial charge < -0.3 is 10.2 Å². The van der Waals surface area contributed by atoms with Crippen LogP contribution in [0.25, 0.3) is 0 Å². The molecule has 3 nitrogen and oxygen atoms in total. The molecule has 0 spiro atoms. The molecule has 0 saturated heterocycles. The molecule has 3 rings (SSSR count). The lowest BCUT2D eigenvalue weighted by atomic mass is 9.63. The Hall–Kier alpha value is -2.49. The second-order valence-corrected chi connectivity index (χ2v) is 6.52. The molecule has 1 fully saturated rings. The topological polar surface area (TPSA) is 57.5 Å². The van der Waals surface area contributed by atoms with E-state index in [1.165, 1.54) is 18.1 Å². The lowest BCUT2D eigenvalue weighted by Gasteiger charge is -2.41. The number of aliphatic hydroxyl groups is 1. The SMILES string of the molecule is C=C=O.OCC1CCC(c2ccc(O)cc2)(c2cc(F)ccc2F)CC1. The van der Waals surface area contributed by atoms with Crippen LogP contribution in [0, 0.1) is 17.6 Å². The fourth-order valence-electron chi connectivity index (χ4n) is 3.71. The van der Waals surface area contributed by atoms with E-state index in [2.05, 4.69) is 6.58 Å². The number of carbonyl (C=O) groups excluding carboxylic acids is 1. The van der Waals surface area contributed by atoms with Crippen LogP contribution in [0.1, 0.15) is 36.8 Å². The fraction of sp³-hybridized carbons (Fsp3) is 0.333. The van der Waals surface area contributed by atoms with E-state index in [1.807, 2.05) is 0 Å². The molecule has 0 heterocycles. The first-order chi connectivity index (χ1) is 12.5. The van der Waals surface area contributed by atoms with E-state index in [0.29, 0.717) is 18.4 Å². The molecule has 0 unspecified atom stereocenters. The van der Waals surface area contributed by atoms with Gasteiger partial charge in [-0.05, 0) is 74.1 Å². The Morgan fingerprint density at radius 1 is 1.12 bits per heavy atom. The molecule has 1 aliphatic rings. The summed E-state index contributed by atoms with van der Waals surface area (Å²) in [4.78, 5) is 8.57. The highest BCUT2D eigenvalue weighted by atomic mass is 19.1. The Morgan fingerprint density at radius 3 is 2.23 bits per heavy atom. The average Bonchev–Trinajstić information content (AvgIpc) is 2.65. The fourth-order valence-corrected chi connectivity index (χ4v) is 3.71. The summed E-state index contributed by atoms with van der Waals surface area (Å²) in [6, 6.07) is 10.3. The number of aromatic hydroxyl groups is 1. The lowest BCUT2D eigenvalue weighted by molar-refractivity contribution is 0.163. The summed E-state index contributed by atoms with van der Waals surface area (Å²) < 4.78 is 28.2. The monoisotopic (exact) mass is 360 g/mol. The molecule has 0 bridgehead atoms. The number of phenolic OH excluding ortho intramolecular Hbond substituents is 1. The van der Waals surface area contributed by atoms with Gasteiger partial charge in [0.15, 0.2) is 0 Å². The summed E-state index contributed by atoms with van der Waals surface area (Å²) in [5.41, 5.74) is 0.613. The summed E-state index contributed by atoms with van der Waals surface area (Å²) in [7, 11) is 0. The highest BCUT2D eigenvalue weighted by Crippen LogP contribution is 2.47. The first kappa shape index (κ1) is 19.8. The van der Waals surface area contributed by atoms with Crippen molar-refractivity contribution >= 4 is 5.94 Å². The molecule has 0 atom stereocenters. The van der Waals surface area contributed by atoms with Gasteiger partial charge in [0.1, 0.15) is 23.3 Å². The highest BCUT2D eigenvalue weighted by molar-refractivity contribution is 5.42. The molecule has 2 aromatic carbocycles. The van der Waals surface area contributed by atoms with Crippen LogP contribution in [-0.2, 0) is 10.2 Å². The van der Waals surface area contributed by atoms with Gasteiger partial charge in [-0.15, -0.1) is 0 Å². The van der Waals surface area contributed by atoms with Gasteiger partial charge >= 0.3 is 0 Å². The predicted octanol–water partition coefficient (Wildman–Crippen LogP) is 4.14. The van der Waals surface area contributed by atoms with Crippen LogP contribution in [0.4, 0.5) is 8.78 Å². The molecule has 0 radical (unpaired) electrons. The van der Waals surface area contributed by atoms with Crippen LogP contribution in [-0.4, -0.2) is 22.8 Å². The number of hydrogen-bond donors (Lipinski definition) is 2. The summed E-state index contributed by atoms with van der Waals surface area (Å²) in [6.45, 7) is 2.80. The van der Waals surface area contributed by atoms with Crippen LogP contribution in [0.3, 0.4) is 0 Å². The molecule has 138 valence electrons. The third kappa shape index (κ3) is 4.18. The van der Waals surface area contributed by atoms with E-state index in [0.717, 1.165) is 24.5 Å². The molecule has 5 heteroatoms. The standard InChI is InChI=1S/C19H20F2O2.C2H2O/c20-15-3-6-18(21)17(11-15)19(9-7-13(12-22)8-10-19)14-1-4-16(23)5-2-14;1-2-3/h1-6,11,13,22-23H,7-10,12H2;1H2. The average molecular weight is 360 g/mol. The van der Waals surface area contributed by atoms with Gasteiger partial charge in [0.25, 0.3) is 0 Å². The minimum Gasteiger partial charge on any atom is -0.508 e. The van der Waals surface area contributed by atoms with Crippen molar-refractivity contribution in [2.75, 3.05) is 6.61 Å². The Bertz CT molecular complexity index is 757. The molecule has 0 aromatic heterocycles. The quantitative estimate of drug-likeness (QED) is 0.809. The smallest absolute Gasteiger partial charge is 0.127 e. The molecule has 26 heavy (non-hydrogen) atoms. The third-order valence-corrected chi connectivity index (χ3v) is 5.08. The van der Waals surface area contributed by atoms with Gasteiger partial charge in [0.2, 0.25) is 0 Å². The van der Waals surface area contributed by atoms with Crippen molar-refractivity contribution < 1.29 is 23.8 Å². The Labute approximate surface area is 151 Å². The molecular weight excluding hydrogens is 338 g/mol. The normalized spacial score (nSPS) is 22.0. The van der Waals surface area contributed by atoms with Gasteiger partial charge in [0, 0.05) is 17.6 Å². The summed E-state index contributed by atoms with van der Waals surface area (Å²) >= 11 is 0. The predicted molar refractivity (Wildman–Crippen MR) is 95.6 cm³/mol. The van der Waals surface area contributed by atoms with Crippen molar-refractivity contribution in [1.29, 1.82) is 0 Å². The van der Waals surface area contributed by atoms with Gasteiger partial charge in [-0.3, -0.25) is 0 Å². The molecule has 2 N–H and O–H groups in total. The maximum Gasteiger partial charge on any atom is 0.127 e. The number of rotatable bonds is 3. The van der Waals surface area contributed by atoms with Crippen LogP contribution >= 0.6 is 0 Å². The first-order valence-electron chi connectivity index (χ1n) is 8.47. The number of hydrogen-bond acceptors (Lipinski definition) is 3. The Morgan fingerprint density at radius 2 is 1.69 bits per heavy atom. The van der Waals surface area contributed by atoms with Crippen molar-refractivity contribution in [2.45, 2.75) is 31.1 Å². The van der Waals surface area contributed by atoms with E-state index in [1.54, 1.807) is 24.3 Å². The van der Waals surface area contributed by atoms with Crippen molar-refractivity contribution in [3.05, 3.63) is 71.8 Å². The van der Waals surface area contributed by atoms with E-state index in [9.17, 15) is 19.0 Å². The van der Waals surface area contributed by atoms with E-state index >= 15 is 0 Å². The number of halogens is 2. The van der Waals surface area contributed by atoms with Crippen LogP contribution < -0.4 is 0 Å². The van der Waals surface area contributed by atoms with Crippen molar-refractivity contribution in [3.63, 3.8) is 0 Å². The van der Waals surface area contributed by atoms with Crippen molar-refractivity contribution in [3.8, 4) is 5.75 Å². The minimum absolute atomic E-state index is 0.122. The molecule has 0 amide bonds. The van der Waals surface area contributed by atoms with Gasteiger partial charge in [-0.1, -0.05) is 12.1 Å². The second kappa shape index (κ2) is 8.75. The van der Waals surface area contributed by atoms with Crippen LogP contribution in [0.5, 0.6) is 5.75 Å². The van der Waals surface area contributed by atoms with E-state index < -0.39 is 17.0 Å². The highest BCUT2D eigenvalue weighted by Gasteiger charge is 2.40.